The van der Waals surface area contributed by atoms with Crippen molar-refractivity contribution in [3.8, 4) is 0 Å². The van der Waals surface area contributed by atoms with E-state index in [0.29, 0.717) is 18.5 Å². The Kier molecular flexibility index (Phi) is 6.82. The van der Waals surface area contributed by atoms with Crippen LogP contribution in [0.1, 0.15) is 27.9 Å². The Labute approximate surface area is 193 Å². The molecule has 3 N–H and O–H groups in total. The van der Waals surface area contributed by atoms with Gasteiger partial charge in [-0.1, -0.05) is 48.5 Å². The van der Waals surface area contributed by atoms with E-state index in [4.69, 9.17) is 0 Å². The third-order valence-corrected chi connectivity index (χ3v) is 6.16. The minimum atomic E-state index is -0.965. The summed E-state index contributed by atoms with van der Waals surface area (Å²) in [5.41, 5.74) is 1.89. The number of para-hydroxylation sites is 1. The lowest BCUT2D eigenvalue weighted by Gasteiger charge is -2.46. The number of β-amino-alcohol motifs (C(OH)–C–C–N with tert-alkyl or cyclic N) is 1. The van der Waals surface area contributed by atoms with Crippen molar-refractivity contribution in [1.29, 1.82) is 0 Å². The van der Waals surface area contributed by atoms with Crippen LogP contribution in [-0.4, -0.2) is 52.5 Å². The molecule has 1 fully saturated rings. The number of aryl methyl sites for hydroxylation is 1. The molecule has 0 spiro atoms. The van der Waals surface area contributed by atoms with Crippen molar-refractivity contribution in [2.45, 2.75) is 25.0 Å². The largest absolute Gasteiger partial charge is 0.389 e. The fourth-order valence-corrected chi connectivity index (χ4v) is 4.32. The second-order valence-electron chi connectivity index (χ2n) is 8.40. The van der Waals surface area contributed by atoms with Gasteiger partial charge in [-0.3, -0.25) is 19.5 Å². The topological polar surface area (TPSA) is 94.6 Å². The first kappa shape index (κ1) is 22.6. The maximum absolute atomic E-state index is 13.2. The summed E-state index contributed by atoms with van der Waals surface area (Å²) in [6.45, 7) is 2.81. The summed E-state index contributed by atoms with van der Waals surface area (Å²) in [7, 11) is 0. The Bertz CT molecular complexity index is 1110. The monoisotopic (exact) mass is 444 g/mol. The van der Waals surface area contributed by atoms with Gasteiger partial charge in [0.15, 0.2) is 0 Å². The van der Waals surface area contributed by atoms with Crippen LogP contribution in [0.3, 0.4) is 0 Å². The molecule has 0 unspecified atom stereocenters. The number of pyridine rings is 1. The second kappa shape index (κ2) is 9.94. The quantitative estimate of drug-likeness (QED) is 0.544. The van der Waals surface area contributed by atoms with Gasteiger partial charge < -0.3 is 15.7 Å². The maximum atomic E-state index is 13.2. The lowest BCUT2D eigenvalue weighted by molar-refractivity contribution is -0.118. The fourth-order valence-electron chi connectivity index (χ4n) is 4.32. The second-order valence-corrected chi connectivity index (χ2v) is 8.40. The average Bonchev–Trinajstić information content (AvgIpc) is 2.82. The molecule has 2 atom stereocenters. The number of rotatable bonds is 6. The Hall–Kier alpha value is -3.55. The Morgan fingerprint density at radius 1 is 1.09 bits per heavy atom. The molecule has 0 saturated carbocycles. The molecule has 4 rings (SSSR count). The molecule has 170 valence electrons. The highest BCUT2D eigenvalue weighted by Crippen LogP contribution is 2.34. The van der Waals surface area contributed by atoms with Gasteiger partial charge in [-0.15, -0.1) is 0 Å². The average molecular weight is 445 g/mol. The lowest BCUT2D eigenvalue weighted by atomic mass is 9.78. The summed E-state index contributed by atoms with van der Waals surface area (Å²) in [6.07, 6.45) is 2.74. The molecule has 7 nitrogen and oxygen atoms in total. The standard InChI is InChI=1S/C26H28N4O3/c1-19-12-14-27-16-22(19)25(33)29-26(20-8-4-2-5-9-20)13-15-30(17-23(26)31)18-24(32)28-21-10-6-3-7-11-21/h2-12,14,16,23,31H,13,15,17-18H2,1H3,(H,28,32)(H,29,33)/t23-,26-/m1/s1. The number of piperidine rings is 1. The van der Waals surface area contributed by atoms with E-state index in [-0.39, 0.29) is 24.9 Å². The zero-order chi connectivity index (χ0) is 23.3. The number of aliphatic hydroxyl groups excluding tert-OH is 1. The van der Waals surface area contributed by atoms with Gasteiger partial charge in [0, 0.05) is 31.2 Å². The minimum absolute atomic E-state index is 0.143. The Morgan fingerprint density at radius 3 is 2.45 bits per heavy atom. The summed E-state index contributed by atoms with van der Waals surface area (Å²) < 4.78 is 0. The van der Waals surface area contributed by atoms with Crippen LogP contribution in [0.4, 0.5) is 5.69 Å². The van der Waals surface area contributed by atoms with E-state index in [9.17, 15) is 14.7 Å². The van der Waals surface area contributed by atoms with E-state index < -0.39 is 11.6 Å². The van der Waals surface area contributed by atoms with E-state index >= 15 is 0 Å². The molecule has 3 aromatic rings. The molecule has 0 radical (unpaired) electrons. The number of benzene rings is 2. The number of likely N-dealkylation sites (tertiary alicyclic amines) is 1. The molecule has 1 aliphatic rings. The van der Waals surface area contributed by atoms with Crippen LogP contribution in [-0.2, 0) is 10.3 Å². The van der Waals surface area contributed by atoms with Crippen LogP contribution >= 0.6 is 0 Å². The van der Waals surface area contributed by atoms with Gasteiger partial charge in [0.25, 0.3) is 5.91 Å². The molecule has 2 aromatic carbocycles. The van der Waals surface area contributed by atoms with Crippen LogP contribution < -0.4 is 10.6 Å². The summed E-state index contributed by atoms with van der Waals surface area (Å²) in [5.74, 6) is -0.422. The number of hydrogen-bond acceptors (Lipinski definition) is 5. The van der Waals surface area contributed by atoms with Crippen molar-refractivity contribution >= 4 is 17.5 Å². The van der Waals surface area contributed by atoms with E-state index in [1.54, 1.807) is 18.5 Å². The number of carbonyl (C=O) groups excluding carboxylic acids is 2. The summed E-state index contributed by atoms with van der Waals surface area (Å²) >= 11 is 0. The first-order valence-electron chi connectivity index (χ1n) is 11.0. The lowest BCUT2D eigenvalue weighted by Crippen LogP contribution is -2.62. The molecule has 33 heavy (non-hydrogen) atoms. The molecule has 1 saturated heterocycles. The summed E-state index contributed by atoms with van der Waals surface area (Å²) in [4.78, 5) is 31.7. The normalized spacial score (nSPS) is 20.7. The number of nitrogens with zero attached hydrogens (tertiary/aromatic N) is 2. The molecule has 0 aliphatic carbocycles. The smallest absolute Gasteiger partial charge is 0.253 e. The number of anilines is 1. The van der Waals surface area contributed by atoms with Crippen LogP contribution in [0, 0.1) is 6.92 Å². The van der Waals surface area contributed by atoms with E-state index in [1.165, 1.54) is 0 Å². The van der Waals surface area contributed by atoms with E-state index in [2.05, 4.69) is 15.6 Å². The van der Waals surface area contributed by atoms with Crippen molar-refractivity contribution in [2.75, 3.05) is 25.0 Å². The molecule has 1 aliphatic heterocycles. The van der Waals surface area contributed by atoms with Crippen LogP contribution in [0.15, 0.2) is 79.1 Å². The van der Waals surface area contributed by atoms with Gasteiger partial charge in [-0.05, 0) is 42.7 Å². The first-order valence-corrected chi connectivity index (χ1v) is 11.0. The predicted octanol–water partition coefficient (Wildman–Crippen LogP) is 2.72. The van der Waals surface area contributed by atoms with Crippen LogP contribution in [0.25, 0.3) is 0 Å². The third-order valence-electron chi connectivity index (χ3n) is 6.16. The van der Waals surface area contributed by atoms with Crippen LogP contribution in [0.2, 0.25) is 0 Å². The maximum Gasteiger partial charge on any atom is 0.253 e. The molecule has 7 heteroatoms. The number of carbonyl (C=O) groups is 2. The molecular formula is C26H28N4O3. The highest BCUT2D eigenvalue weighted by molar-refractivity contribution is 5.96. The molecule has 0 bridgehead atoms. The van der Waals surface area contributed by atoms with Crippen molar-refractivity contribution < 1.29 is 14.7 Å². The molecule has 2 amide bonds. The van der Waals surface area contributed by atoms with Gasteiger partial charge in [-0.2, -0.15) is 0 Å². The molecular weight excluding hydrogens is 416 g/mol. The zero-order valence-electron chi connectivity index (χ0n) is 18.6. The summed E-state index contributed by atoms with van der Waals surface area (Å²) in [5, 5.41) is 17.3. The number of hydrogen-bond donors (Lipinski definition) is 3. The van der Waals surface area contributed by atoms with Gasteiger partial charge in [0.1, 0.15) is 0 Å². The Balaban J connectivity index is 1.51. The fraction of sp³-hybridized carbons (Fsp3) is 0.269. The zero-order valence-corrected chi connectivity index (χ0v) is 18.6. The van der Waals surface area contributed by atoms with Crippen molar-refractivity contribution in [3.05, 3.63) is 95.8 Å². The van der Waals surface area contributed by atoms with Gasteiger partial charge in [0.05, 0.1) is 23.8 Å². The van der Waals surface area contributed by atoms with E-state index in [0.717, 1.165) is 16.8 Å². The highest BCUT2D eigenvalue weighted by atomic mass is 16.3. The van der Waals surface area contributed by atoms with E-state index in [1.807, 2.05) is 72.5 Å². The molecule has 2 heterocycles. The van der Waals surface area contributed by atoms with Gasteiger partial charge in [-0.25, -0.2) is 0 Å². The van der Waals surface area contributed by atoms with Crippen molar-refractivity contribution in [3.63, 3.8) is 0 Å². The molecule has 1 aromatic heterocycles. The van der Waals surface area contributed by atoms with Crippen LogP contribution in [0.5, 0.6) is 0 Å². The number of nitrogens with one attached hydrogen (secondary N) is 2. The Morgan fingerprint density at radius 2 is 1.79 bits per heavy atom. The third kappa shape index (κ3) is 5.10. The van der Waals surface area contributed by atoms with Gasteiger partial charge >= 0.3 is 0 Å². The number of aliphatic hydroxyl groups is 1. The van der Waals surface area contributed by atoms with Gasteiger partial charge in [0.2, 0.25) is 5.91 Å². The predicted molar refractivity (Wildman–Crippen MR) is 127 cm³/mol. The number of amides is 2. The first-order chi connectivity index (χ1) is 16.0. The van der Waals surface area contributed by atoms with Crippen molar-refractivity contribution in [1.82, 2.24) is 15.2 Å². The summed E-state index contributed by atoms with van der Waals surface area (Å²) in [6, 6.07) is 20.6. The highest BCUT2D eigenvalue weighted by Gasteiger charge is 2.45. The van der Waals surface area contributed by atoms with Crippen molar-refractivity contribution in [2.24, 2.45) is 0 Å². The SMILES string of the molecule is Cc1ccncc1C(=O)N[C@@]1(c2ccccc2)CCN(CC(=O)Nc2ccccc2)C[C@H]1O. The minimum Gasteiger partial charge on any atom is -0.389 e. The number of aromatic nitrogens is 1.